The summed E-state index contributed by atoms with van der Waals surface area (Å²) >= 11 is 0. The molecule has 28 heavy (non-hydrogen) atoms. The van der Waals surface area contributed by atoms with Gasteiger partial charge in [0.05, 0.1) is 4.90 Å². The number of hydrogen-bond donors (Lipinski definition) is 1. The summed E-state index contributed by atoms with van der Waals surface area (Å²) in [4.78, 5) is 12.5. The number of carbonyl (C=O) groups excluding carboxylic acids is 1. The van der Waals surface area contributed by atoms with Crippen molar-refractivity contribution in [1.29, 1.82) is 0 Å². The van der Waals surface area contributed by atoms with Gasteiger partial charge in [0.25, 0.3) is 0 Å². The first-order chi connectivity index (χ1) is 13.5. The largest absolute Gasteiger partial charge is 0.489 e. The van der Waals surface area contributed by atoms with Crippen LogP contribution in [0.2, 0.25) is 0 Å². The Morgan fingerprint density at radius 2 is 1.46 bits per heavy atom. The zero-order valence-corrected chi connectivity index (χ0v) is 16.2. The number of anilines is 1. The first-order valence-electron chi connectivity index (χ1n) is 8.83. The monoisotopic (exact) mass is 395 g/mol. The molecule has 1 N–H and O–H groups in total. The van der Waals surface area contributed by atoms with Crippen molar-refractivity contribution in [3.05, 3.63) is 90.5 Å². The minimum absolute atomic E-state index is 0.127. The van der Waals surface area contributed by atoms with Crippen LogP contribution in [0.15, 0.2) is 89.8 Å². The Hall–Kier alpha value is -3.12. The highest BCUT2D eigenvalue weighted by Gasteiger charge is 2.29. The van der Waals surface area contributed by atoms with Gasteiger partial charge in [0, 0.05) is 5.69 Å². The van der Waals surface area contributed by atoms with Gasteiger partial charge in [-0.2, -0.15) is 0 Å². The molecule has 0 saturated heterocycles. The molecule has 1 amide bonds. The second-order valence-corrected chi connectivity index (χ2v) is 8.56. The third-order valence-corrected chi connectivity index (χ3v) is 6.35. The van der Waals surface area contributed by atoms with E-state index in [1.165, 1.54) is 19.1 Å². The fraction of sp³-hybridized carbons (Fsp3) is 0.136. The van der Waals surface area contributed by atoms with Crippen LogP contribution in [-0.4, -0.2) is 19.6 Å². The van der Waals surface area contributed by atoms with Crippen LogP contribution in [0.4, 0.5) is 5.69 Å². The number of carbonyl (C=O) groups is 1. The van der Waals surface area contributed by atoms with Crippen molar-refractivity contribution in [2.75, 3.05) is 5.32 Å². The predicted molar refractivity (Wildman–Crippen MR) is 109 cm³/mol. The van der Waals surface area contributed by atoms with Gasteiger partial charge in [-0.05, 0) is 48.9 Å². The summed E-state index contributed by atoms with van der Waals surface area (Å²) in [5.74, 6) is 0.0774. The zero-order chi connectivity index (χ0) is 20.0. The molecule has 144 valence electrons. The lowest BCUT2D eigenvalue weighted by Gasteiger charge is -2.14. The molecule has 0 heterocycles. The van der Waals surface area contributed by atoms with Crippen molar-refractivity contribution in [2.45, 2.75) is 23.7 Å². The summed E-state index contributed by atoms with van der Waals surface area (Å²) in [6, 6.07) is 24.6. The van der Waals surface area contributed by atoms with E-state index in [1.807, 2.05) is 30.3 Å². The van der Waals surface area contributed by atoms with Gasteiger partial charge in [0.2, 0.25) is 5.91 Å². The lowest BCUT2D eigenvalue weighted by Crippen LogP contribution is -2.32. The quantitative estimate of drug-likeness (QED) is 0.655. The summed E-state index contributed by atoms with van der Waals surface area (Å²) < 4.78 is 30.8. The molecule has 0 spiro atoms. The number of rotatable bonds is 7. The SMILES string of the molecule is CC(C(=O)Nc1ccc(OCc2ccccc2)cc1)S(=O)(=O)c1ccccc1. The molecule has 3 aromatic carbocycles. The maximum atomic E-state index is 12.6. The minimum atomic E-state index is -3.74. The van der Waals surface area contributed by atoms with E-state index in [0.717, 1.165) is 5.56 Å². The van der Waals surface area contributed by atoms with Crippen LogP contribution >= 0.6 is 0 Å². The van der Waals surface area contributed by atoms with Gasteiger partial charge >= 0.3 is 0 Å². The highest BCUT2D eigenvalue weighted by atomic mass is 32.2. The summed E-state index contributed by atoms with van der Waals surface area (Å²) in [5, 5.41) is 1.44. The van der Waals surface area contributed by atoms with E-state index in [4.69, 9.17) is 4.74 Å². The molecule has 0 aliphatic heterocycles. The number of amides is 1. The highest BCUT2D eigenvalue weighted by molar-refractivity contribution is 7.92. The zero-order valence-electron chi connectivity index (χ0n) is 15.4. The van der Waals surface area contributed by atoms with Crippen LogP contribution in [0.25, 0.3) is 0 Å². The molecule has 1 atom stereocenters. The molecule has 0 radical (unpaired) electrons. The van der Waals surface area contributed by atoms with E-state index in [-0.39, 0.29) is 4.90 Å². The van der Waals surface area contributed by atoms with E-state index >= 15 is 0 Å². The van der Waals surface area contributed by atoms with Crippen molar-refractivity contribution in [3.63, 3.8) is 0 Å². The smallest absolute Gasteiger partial charge is 0.242 e. The fourth-order valence-corrected chi connectivity index (χ4v) is 3.86. The Bertz CT molecular complexity index is 1020. The Kier molecular flexibility index (Phi) is 6.11. The molecular formula is C22H21NO4S. The van der Waals surface area contributed by atoms with Gasteiger partial charge in [-0.25, -0.2) is 8.42 Å². The topological polar surface area (TPSA) is 72.5 Å². The molecule has 0 fully saturated rings. The third kappa shape index (κ3) is 4.78. The van der Waals surface area contributed by atoms with E-state index in [2.05, 4.69) is 5.32 Å². The van der Waals surface area contributed by atoms with Crippen molar-refractivity contribution < 1.29 is 17.9 Å². The van der Waals surface area contributed by atoms with Crippen molar-refractivity contribution >= 4 is 21.4 Å². The molecule has 0 saturated carbocycles. The number of sulfone groups is 1. The molecule has 0 aliphatic rings. The Labute approximate surface area is 164 Å². The first kappa shape index (κ1) is 19.6. The summed E-state index contributed by atoms with van der Waals surface area (Å²) in [6.07, 6.45) is 0. The minimum Gasteiger partial charge on any atom is -0.489 e. The number of ether oxygens (including phenoxy) is 1. The Morgan fingerprint density at radius 1 is 0.893 bits per heavy atom. The normalized spacial score (nSPS) is 12.2. The Balaban J connectivity index is 1.61. The first-order valence-corrected chi connectivity index (χ1v) is 10.4. The lowest BCUT2D eigenvalue weighted by molar-refractivity contribution is -0.115. The van der Waals surface area contributed by atoms with E-state index in [9.17, 15) is 13.2 Å². The van der Waals surface area contributed by atoms with Crippen molar-refractivity contribution in [2.24, 2.45) is 0 Å². The maximum absolute atomic E-state index is 12.6. The molecule has 1 unspecified atom stereocenters. The molecule has 5 nitrogen and oxygen atoms in total. The average molecular weight is 395 g/mol. The molecular weight excluding hydrogens is 374 g/mol. The van der Waals surface area contributed by atoms with Gasteiger partial charge in [0.1, 0.15) is 17.6 Å². The van der Waals surface area contributed by atoms with Crippen LogP contribution in [0.5, 0.6) is 5.75 Å². The number of nitrogens with one attached hydrogen (secondary N) is 1. The van der Waals surface area contributed by atoms with Crippen LogP contribution in [0, 0.1) is 0 Å². The summed E-state index contributed by atoms with van der Waals surface area (Å²) in [7, 11) is -3.74. The van der Waals surface area contributed by atoms with E-state index in [1.54, 1.807) is 42.5 Å². The van der Waals surface area contributed by atoms with E-state index < -0.39 is 21.0 Å². The summed E-state index contributed by atoms with van der Waals surface area (Å²) in [6.45, 7) is 1.83. The number of hydrogen-bond acceptors (Lipinski definition) is 4. The maximum Gasteiger partial charge on any atom is 0.242 e. The van der Waals surface area contributed by atoms with Gasteiger partial charge in [-0.15, -0.1) is 0 Å². The van der Waals surface area contributed by atoms with Gasteiger partial charge in [-0.1, -0.05) is 48.5 Å². The van der Waals surface area contributed by atoms with Crippen LogP contribution in [0.1, 0.15) is 12.5 Å². The Morgan fingerprint density at radius 3 is 2.07 bits per heavy atom. The van der Waals surface area contributed by atoms with Crippen LogP contribution in [-0.2, 0) is 21.2 Å². The average Bonchev–Trinajstić information content (AvgIpc) is 2.74. The fourth-order valence-electron chi connectivity index (χ4n) is 2.57. The predicted octanol–water partition coefficient (Wildman–Crippen LogP) is 4.07. The second kappa shape index (κ2) is 8.71. The van der Waals surface area contributed by atoms with Crippen LogP contribution < -0.4 is 10.1 Å². The van der Waals surface area contributed by atoms with E-state index in [0.29, 0.717) is 18.0 Å². The summed E-state index contributed by atoms with van der Waals surface area (Å²) in [5.41, 5.74) is 1.56. The number of benzene rings is 3. The van der Waals surface area contributed by atoms with Gasteiger partial charge in [0.15, 0.2) is 9.84 Å². The van der Waals surface area contributed by atoms with Crippen molar-refractivity contribution in [1.82, 2.24) is 0 Å². The molecule has 3 rings (SSSR count). The lowest BCUT2D eigenvalue weighted by atomic mass is 10.2. The molecule has 0 bridgehead atoms. The van der Waals surface area contributed by atoms with Gasteiger partial charge < -0.3 is 10.1 Å². The molecule has 3 aromatic rings. The molecule has 0 aliphatic carbocycles. The van der Waals surface area contributed by atoms with Crippen molar-refractivity contribution in [3.8, 4) is 5.75 Å². The molecule has 6 heteroatoms. The third-order valence-electron chi connectivity index (χ3n) is 4.28. The van der Waals surface area contributed by atoms with Gasteiger partial charge in [-0.3, -0.25) is 4.79 Å². The molecule has 0 aromatic heterocycles. The highest BCUT2D eigenvalue weighted by Crippen LogP contribution is 2.20. The second-order valence-electron chi connectivity index (χ2n) is 6.29. The van der Waals surface area contributed by atoms with Crippen LogP contribution in [0.3, 0.4) is 0 Å². The standard InChI is InChI=1S/C22H21NO4S/c1-17(28(25,26)21-10-6-3-7-11-21)22(24)23-19-12-14-20(15-13-19)27-16-18-8-4-2-5-9-18/h2-15,17H,16H2,1H3,(H,23,24).